The van der Waals surface area contributed by atoms with Crippen LogP contribution in [0.5, 0.6) is 0 Å². The van der Waals surface area contributed by atoms with Gasteiger partial charge < -0.3 is 15.0 Å². The SMILES string of the molecule is CCOC(=O)/C=C/c1ccc(NC(=O)CSc2nnc(N3CCCC3)n2-c2ccc(C)cc2)cc1. The van der Waals surface area contributed by atoms with Crippen molar-refractivity contribution in [2.24, 2.45) is 0 Å². The molecule has 2 aromatic carbocycles. The van der Waals surface area contributed by atoms with E-state index in [1.54, 1.807) is 25.1 Å². The van der Waals surface area contributed by atoms with Gasteiger partial charge in [-0.25, -0.2) is 4.79 Å². The van der Waals surface area contributed by atoms with E-state index in [0.717, 1.165) is 43.1 Å². The van der Waals surface area contributed by atoms with Crippen molar-refractivity contribution in [1.82, 2.24) is 14.8 Å². The minimum Gasteiger partial charge on any atom is -0.463 e. The fourth-order valence-electron chi connectivity index (χ4n) is 3.76. The summed E-state index contributed by atoms with van der Waals surface area (Å²) in [6.45, 7) is 6.08. The van der Waals surface area contributed by atoms with E-state index < -0.39 is 0 Å². The van der Waals surface area contributed by atoms with Gasteiger partial charge >= 0.3 is 5.97 Å². The average molecular weight is 492 g/mol. The Kier molecular flexibility index (Phi) is 8.20. The van der Waals surface area contributed by atoms with Crippen LogP contribution in [0.2, 0.25) is 0 Å². The summed E-state index contributed by atoms with van der Waals surface area (Å²) >= 11 is 1.36. The highest BCUT2D eigenvalue weighted by Gasteiger charge is 2.23. The van der Waals surface area contributed by atoms with E-state index in [9.17, 15) is 9.59 Å². The molecule has 0 spiro atoms. The first-order valence-corrected chi connectivity index (χ1v) is 12.7. The van der Waals surface area contributed by atoms with E-state index in [-0.39, 0.29) is 17.6 Å². The Morgan fingerprint density at radius 2 is 1.77 bits per heavy atom. The minimum atomic E-state index is -0.381. The van der Waals surface area contributed by atoms with Gasteiger partial charge in [0.25, 0.3) is 0 Å². The molecule has 4 rings (SSSR count). The predicted molar refractivity (Wildman–Crippen MR) is 139 cm³/mol. The fourth-order valence-corrected chi connectivity index (χ4v) is 4.50. The number of hydrogen-bond acceptors (Lipinski definition) is 7. The highest BCUT2D eigenvalue weighted by molar-refractivity contribution is 7.99. The van der Waals surface area contributed by atoms with E-state index in [1.807, 2.05) is 16.7 Å². The monoisotopic (exact) mass is 491 g/mol. The molecule has 0 saturated carbocycles. The van der Waals surface area contributed by atoms with E-state index in [0.29, 0.717) is 17.5 Å². The third kappa shape index (κ3) is 6.51. The summed E-state index contributed by atoms with van der Waals surface area (Å²) in [6, 6.07) is 15.5. The largest absolute Gasteiger partial charge is 0.463 e. The van der Waals surface area contributed by atoms with E-state index in [4.69, 9.17) is 4.74 Å². The molecule has 1 fully saturated rings. The molecule has 182 valence electrons. The maximum absolute atomic E-state index is 12.6. The number of nitrogens with zero attached hydrogens (tertiary/aromatic N) is 4. The maximum Gasteiger partial charge on any atom is 0.330 e. The Bertz CT molecular complexity index is 1180. The zero-order chi connectivity index (χ0) is 24.6. The zero-order valence-corrected chi connectivity index (χ0v) is 20.8. The van der Waals surface area contributed by atoms with Crippen molar-refractivity contribution < 1.29 is 14.3 Å². The molecule has 0 aliphatic carbocycles. The molecule has 3 aromatic rings. The smallest absolute Gasteiger partial charge is 0.330 e. The number of thioether (sulfide) groups is 1. The number of carbonyl (C=O) groups is 2. The molecule has 0 atom stereocenters. The van der Waals surface area contributed by atoms with Crippen LogP contribution < -0.4 is 10.2 Å². The van der Waals surface area contributed by atoms with Crippen molar-refractivity contribution in [2.75, 3.05) is 35.7 Å². The van der Waals surface area contributed by atoms with E-state index in [2.05, 4.69) is 51.6 Å². The normalized spacial score (nSPS) is 13.4. The molecular weight excluding hydrogens is 462 g/mol. The van der Waals surface area contributed by atoms with Crippen molar-refractivity contribution >= 4 is 41.4 Å². The van der Waals surface area contributed by atoms with Gasteiger partial charge in [0, 0.05) is 24.9 Å². The average Bonchev–Trinajstić information content (AvgIpc) is 3.53. The second kappa shape index (κ2) is 11.7. The van der Waals surface area contributed by atoms with Crippen LogP contribution in [0.4, 0.5) is 11.6 Å². The molecular formula is C26H29N5O3S. The number of hydrogen-bond donors (Lipinski definition) is 1. The van der Waals surface area contributed by atoms with Crippen molar-refractivity contribution in [2.45, 2.75) is 31.8 Å². The molecule has 35 heavy (non-hydrogen) atoms. The Labute approximate surface area is 209 Å². The summed E-state index contributed by atoms with van der Waals surface area (Å²) in [7, 11) is 0. The number of anilines is 2. The maximum atomic E-state index is 12.6. The minimum absolute atomic E-state index is 0.133. The Morgan fingerprint density at radius 3 is 2.46 bits per heavy atom. The van der Waals surface area contributed by atoms with Crippen molar-refractivity contribution in [3.05, 3.63) is 65.7 Å². The molecule has 1 aliphatic rings. The van der Waals surface area contributed by atoms with Gasteiger partial charge in [-0.05, 0) is 62.6 Å². The number of rotatable bonds is 9. The summed E-state index contributed by atoms with van der Waals surface area (Å²) < 4.78 is 6.91. The molecule has 1 aliphatic heterocycles. The first kappa shape index (κ1) is 24.5. The zero-order valence-electron chi connectivity index (χ0n) is 19.9. The highest BCUT2D eigenvalue weighted by atomic mass is 32.2. The summed E-state index contributed by atoms with van der Waals surface area (Å²) in [5, 5.41) is 12.5. The Balaban J connectivity index is 1.40. The Morgan fingerprint density at radius 1 is 1.06 bits per heavy atom. The summed E-state index contributed by atoms with van der Waals surface area (Å²) in [5.74, 6) is 0.508. The molecule has 9 heteroatoms. The van der Waals surface area contributed by atoms with Crippen LogP contribution in [-0.2, 0) is 14.3 Å². The molecule has 1 saturated heterocycles. The lowest BCUT2D eigenvalue weighted by molar-refractivity contribution is -0.137. The van der Waals surface area contributed by atoms with Gasteiger partial charge in [0.1, 0.15) is 0 Å². The van der Waals surface area contributed by atoms with Gasteiger partial charge in [-0.1, -0.05) is 41.6 Å². The van der Waals surface area contributed by atoms with Crippen LogP contribution in [0.3, 0.4) is 0 Å². The number of aromatic nitrogens is 3. The van der Waals surface area contributed by atoms with Gasteiger partial charge in [-0.15, -0.1) is 10.2 Å². The third-order valence-electron chi connectivity index (χ3n) is 5.52. The number of aryl methyl sites for hydroxylation is 1. The molecule has 1 aromatic heterocycles. The fraction of sp³-hybridized carbons (Fsp3) is 0.308. The molecule has 2 heterocycles. The predicted octanol–water partition coefficient (Wildman–Crippen LogP) is 4.48. The number of amides is 1. The number of benzene rings is 2. The van der Waals surface area contributed by atoms with Crippen LogP contribution in [0, 0.1) is 6.92 Å². The lowest BCUT2D eigenvalue weighted by Crippen LogP contribution is -2.22. The second-order valence-corrected chi connectivity index (χ2v) is 9.13. The van der Waals surface area contributed by atoms with E-state index in [1.165, 1.54) is 23.4 Å². The van der Waals surface area contributed by atoms with Crippen LogP contribution in [-0.4, -0.2) is 52.1 Å². The van der Waals surface area contributed by atoms with E-state index >= 15 is 0 Å². The number of nitrogens with one attached hydrogen (secondary N) is 1. The van der Waals surface area contributed by atoms with Crippen LogP contribution in [0.15, 0.2) is 59.8 Å². The van der Waals surface area contributed by atoms with Gasteiger partial charge in [-0.2, -0.15) is 0 Å². The Hall–Kier alpha value is -3.59. The number of carbonyl (C=O) groups excluding carboxylic acids is 2. The summed E-state index contributed by atoms with van der Waals surface area (Å²) in [6.07, 6.45) is 5.34. The van der Waals surface area contributed by atoms with Crippen molar-refractivity contribution in [3.8, 4) is 5.69 Å². The van der Waals surface area contributed by atoms with Gasteiger partial charge in [-0.3, -0.25) is 9.36 Å². The second-order valence-electron chi connectivity index (χ2n) is 8.19. The van der Waals surface area contributed by atoms with Crippen LogP contribution >= 0.6 is 11.8 Å². The summed E-state index contributed by atoms with van der Waals surface area (Å²) in [5.41, 5.74) is 3.69. The molecule has 8 nitrogen and oxygen atoms in total. The summed E-state index contributed by atoms with van der Waals surface area (Å²) in [4.78, 5) is 26.3. The van der Waals surface area contributed by atoms with Crippen molar-refractivity contribution in [1.29, 1.82) is 0 Å². The van der Waals surface area contributed by atoms with Gasteiger partial charge in [0.2, 0.25) is 11.9 Å². The first-order valence-electron chi connectivity index (χ1n) is 11.7. The topological polar surface area (TPSA) is 89.3 Å². The molecule has 0 bridgehead atoms. The first-order chi connectivity index (χ1) is 17.0. The quantitative estimate of drug-likeness (QED) is 0.268. The lowest BCUT2D eigenvalue weighted by Gasteiger charge is -2.18. The highest BCUT2D eigenvalue weighted by Crippen LogP contribution is 2.29. The van der Waals surface area contributed by atoms with Crippen molar-refractivity contribution in [3.63, 3.8) is 0 Å². The van der Waals surface area contributed by atoms with Gasteiger partial charge in [0.15, 0.2) is 5.16 Å². The molecule has 0 unspecified atom stereocenters. The third-order valence-corrected chi connectivity index (χ3v) is 6.45. The molecule has 1 amide bonds. The van der Waals surface area contributed by atoms with Gasteiger partial charge in [0.05, 0.1) is 18.0 Å². The standard InChI is InChI=1S/C26H29N5O3S/c1-3-34-24(33)15-10-20-8-11-21(12-9-20)27-23(32)18-35-26-29-28-25(30-16-4-5-17-30)31(26)22-13-6-19(2)7-14-22/h6-15H,3-5,16-18H2,1-2H3,(H,27,32)/b15-10+. The lowest BCUT2D eigenvalue weighted by atomic mass is 10.2. The number of ether oxygens (including phenoxy) is 1. The number of esters is 1. The molecule has 1 N–H and O–H groups in total. The van der Waals surface area contributed by atoms with Crippen LogP contribution in [0.25, 0.3) is 11.8 Å². The van der Waals surface area contributed by atoms with Crippen LogP contribution in [0.1, 0.15) is 30.9 Å². The molecule has 0 radical (unpaired) electrons.